The lowest BCUT2D eigenvalue weighted by molar-refractivity contribution is 0.0971. The molecule has 0 aromatic heterocycles. The van der Waals surface area contributed by atoms with Crippen molar-refractivity contribution < 1.29 is 4.74 Å². The first kappa shape index (κ1) is 17.4. The molecule has 0 aliphatic heterocycles. The van der Waals surface area contributed by atoms with E-state index in [-0.39, 0.29) is 0 Å². The molecule has 0 amide bonds. The zero-order valence-corrected chi connectivity index (χ0v) is 15.8. The van der Waals surface area contributed by atoms with Crippen molar-refractivity contribution in [1.29, 1.82) is 0 Å². The Morgan fingerprint density at radius 3 is 1.36 bits per heavy atom. The monoisotopic (exact) mass is 374 g/mol. The Hall–Kier alpha value is -1.02. The van der Waals surface area contributed by atoms with Gasteiger partial charge in [0.25, 0.3) is 0 Å². The maximum Gasteiger partial charge on any atom is 0.0537 e. The highest BCUT2D eigenvalue weighted by molar-refractivity contribution is 6.30. The van der Waals surface area contributed by atoms with Crippen molar-refractivity contribution in [1.82, 2.24) is 0 Å². The van der Waals surface area contributed by atoms with Crippen LogP contribution in [0.4, 0.5) is 0 Å². The number of rotatable bonds is 8. The maximum atomic E-state index is 6.26. The Balaban J connectivity index is 1.38. The van der Waals surface area contributed by atoms with Crippen molar-refractivity contribution in [3.8, 4) is 0 Å². The van der Waals surface area contributed by atoms with Gasteiger partial charge in [-0.2, -0.15) is 0 Å². The van der Waals surface area contributed by atoms with Gasteiger partial charge in [-0.1, -0.05) is 47.5 Å². The summed E-state index contributed by atoms with van der Waals surface area (Å²) in [6, 6.07) is 16.6. The van der Waals surface area contributed by atoms with E-state index in [0.29, 0.717) is 11.8 Å². The van der Waals surface area contributed by atoms with E-state index >= 15 is 0 Å². The summed E-state index contributed by atoms with van der Waals surface area (Å²) in [6.45, 7) is 1.62. The van der Waals surface area contributed by atoms with Gasteiger partial charge in [-0.15, -0.1) is 0 Å². The van der Waals surface area contributed by atoms with E-state index in [4.69, 9.17) is 27.9 Å². The Kier molecular flexibility index (Phi) is 5.36. The average Bonchev–Trinajstić information content (AvgIpc) is 3.51. The Morgan fingerprint density at radius 2 is 1.04 bits per heavy atom. The van der Waals surface area contributed by atoms with Crippen LogP contribution in [0.25, 0.3) is 0 Å². The molecular weight excluding hydrogens is 351 g/mol. The molecule has 2 saturated carbocycles. The van der Waals surface area contributed by atoms with E-state index in [9.17, 15) is 0 Å². The fourth-order valence-corrected chi connectivity index (χ4v) is 4.00. The molecule has 2 aromatic carbocycles. The lowest BCUT2D eigenvalue weighted by atomic mass is 9.94. The van der Waals surface area contributed by atoms with Gasteiger partial charge in [-0.3, -0.25) is 0 Å². The Bertz CT molecular complexity index is 625. The van der Waals surface area contributed by atoms with Crippen molar-refractivity contribution >= 4 is 23.2 Å². The summed E-state index contributed by atoms with van der Waals surface area (Å²) in [5.41, 5.74) is 2.72. The molecule has 0 bridgehead atoms. The minimum Gasteiger partial charge on any atom is -0.380 e. The van der Waals surface area contributed by atoms with Crippen LogP contribution in [0.15, 0.2) is 48.5 Å². The maximum absolute atomic E-state index is 6.26. The normalized spacial score (nSPS) is 19.6. The first-order valence-electron chi connectivity index (χ1n) is 9.29. The lowest BCUT2D eigenvalue weighted by Gasteiger charge is -2.21. The van der Waals surface area contributed by atoms with Crippen molar-refractivity contribution in [2.45, 2.75) is 37.5 Å². The molecule has 132 valence electrons. The third-order valence-corrected chi connectivity index (χ3v) is 6.08. The van der Waals surface area contributed by atoms with Gasteiger partial charge in [0.05, 0.1) is 13.2 Å². The zero-order chi connectivity index (χ0) is 17.2. The second-order valence-electron chi connectivity index (χ2n) is 7.53. The van der Waals surface area contributed by atoms with Gasteiger partial charge in [0.1, 0.15) is 0 Å². The summed E-state index contributed by atoms with van der Waals surface area (Å²) in [7, 11) is 0. The molecule has 2 aromatic rings. The average molecular weight is 375 g/mol. The van der Waals surface area contributed by atoms with E-state index in [1.165, 1.54) is 36.8 Å². The van der Waals surface area contributed by atoms with Crippen molar-refractivity contribution in [2.75, 3.05) is 13.2 Å². The summed E-state index contributed by atoms with van der Waals surface area (Å²) in [5, 5.41) is 1.60. The minimum absolute atomic E-state index is 0.502. The van der Waals surface area contributed by atoms with E-state index in [1.54, 1.807) is 0 Å². The molecule has 3 heteroatoms. The van der Waals surface area contributed by atoms with Crippen LogP contribution in [0.5, 0.6) is 0 Å². The van der Waals surface area contributed by atoms with Crippen LogP contribution >= 0.6 is 23.2 Å². The van der Waals surface area contributed by atoms with Crippen molar-refractivity contribution in [2.24, 2.45) is 11.8 Å². The van der Waals surface area contributed by atoms with Crippen LogP contribution in [0.2, 0.25) is 10.0 Å². The van der Waals surface area contributed by atoms with Crippen LogP contribution < -0.4 is 0 Å². The molecule has 0 heterocycles. The second kappa shape index (κ2) is 7.70. The van der Waals surface area contributed by atoms with Gasteiger partial charge < -0.3 is 4.74 Å². The quantitative estimate of drug-likeness (QED) is 0.499. The zero-order valence-electron chi connectivity index (χ0n) is 14.3. The molecule has 2 unspecified atom stereocenters. The number of benzene rings is 2. The molecule has 4 rings (SSSR count). The highest BCUT2D eigenvalue weighted by atomic mass is 35.5. The molecular formula is C22H24Cl2O. The fourth-order valence-electron chi connectivity index (χ4n) is 3.75. The summed E-state index contributed by atoms with van der Waals surface area (Å²) < 4.78 is 6.26. The Labute approximate surface area is 160 Å². The topological polar surface area (TPSA) is 9.23 Å². The summed E-state index contributed by atoms with van der Waals surface area (Å²) in [5.74, 6) is 2.55. The first-order chi connectivity index (χ1) is 12.2. The number of ether oxygens (including phenoxy) is 1. The third kappa shape index (κ3) is 4.58. The molecule has 2 atom stereocenters. The smallest absolute Gasteiger partial charge is 0.0537 e. The van der Waals surface area contributed by atoms with Crippen molar-refractivity contribution in [3.05, 3.63) is 69.7 Å². The number of halogens is 2. The SMILES string of the molecule is Clc1ccc(C(COCC(c2ccc(Cl)cc2)C2CC2)C2CC2)cc1. The van der Waals surface area contributed by atoms with E-state index in [1.807, 2.05) is 24.3 Å². The summed E-state index contributed by atoms with van der Waals surface area (Å²) in [4.78, 5) is 0. The summed E-state index contributed by atoms with van der Waals surface area (Å²) >= 11 is 12.1. The van der Waals surface area contributed by atoms with E-state index in [2.05, 4.69) is 24.3 Å². The number of hydrogen-bond donors (Lipinski definition) is 0. The molecule has 1 nitrogen and oxygen atoms in total. The second-order valence-corrected chi connectivity index (χ2v) is 8.40. The molecule has 2 fully saturated rings. The molecule has 0 saturated heterocycles. The molecule has 0 N–H and O–H groups in total. The third-order valence-electron chi connectivity index (χ3n) is 5.57. The van der Waals surface area contributed by atoms with Crippen LogP contribution in [0.1, 0.15) is 48.6 Å². The largest absolute Gasteiger partial charge is 0.380 e. The van der Waals surface area contributed by atoms with Crippen LogP contribution in [0, 0.1) is 11.8 Å². The van der Waals surface area contributed by atoms with Gasteiger partial charge in [0, 0.05) is 21.9 Å². The minimum atomic E-state index is 0.502. The molecule has 0 radical (unpaired) electrons. The highest BCUT2D eigenvalue weighted by Gasteiger charge is 2.35. The molecule has 2 aliphatic rings. The van der Waals surface area contributed by atoms with Crippen LogP contribution in [-0.2, 0) is 4.74 Å². The standard InChI is InChI=1S/C22H24Cl2O/c23-19-9-5-17(6-10-19)21(15-1-2-15)13-25-14-22(16-3-4-16)18-7-11-20(24)12-8-18/h5-12,15-16,21-22H,1-4,13-14H2. The summed E-state index contributed by atoms with van der Waals surface area (Å²) in [6.07, 6.45) is 5.28. The fraction of sp³-hybridized carbons (Fsp3) is 0.455. The number of hydrogen-bond acceptors (Lipinski definition) is 1. The van der Waals surface area contributed by atoms with Gasteiger partial charge in [0.15, 0.2) is 0 Å². The predicted octanol–water partition coefficient (Wildman–Crippen LogP) is 6.70. The predicted molar refractivity (Wildman–Crippen MR) is 105 cm³/mol. The van der Waals surface area contributed by atoms with Gasteiger partial charge >= 0.3 is 0 Å². The molecule has 2 aliphatic carbocycles. The molecule has 0 spiro atoms. The van der Waals surface area contributed by atoms with Crippen molar-refractivity contribution in [3.63, 3.8) is 0 Å². The van der Waals surface area contributed by atoms with Gasteiger partial charge in [-0.05, 0) is 72.9 Å². The van der Waals surface area contributed by atoms with E-state index in [0.717, 1.165) is 35.1 Å². The lowest BCUT2D eigenvalue weighted by Crippen LogP contribution is -2.16. The molecule has 25 heavy (non-hydrogen) atoms. The van der Waals surface area contributed by atoms with Crippen LogP contribution in [-0.4, -0.2) is 13.2 Å². The van der Waals surface area contributed by atoms with Gasteiger partial charge in [0.2, 0.25) is 0 Å². The Morgan fingerprint density at radius 1 is 0.680 bits per heavy atom. The van der Waals surface area contributed by atoms with Crippen LogP contribution in [0.3, 0.4) is 0 Å². The van der Waals surface area contributed by atoms with Gasteiger partial charge in [-0.25, -0.2) is 0 Å². The van der Waals surface area contributed by atoms with E-state index < -0.39 is 0 Å². The highest BCUT2D eigenvalue weighted by Crippen LogP contribution is 2.45. The first-order valence-corrected chi connectivity index (χ1v) is 10.0.